The zero-order valence-corrected chi connectivity index (χ0v) is 12.7. The molecule has 5 nitrogen and oxygen atoms in total. The second-order valence-corrected chi connectivity index (χ2v) is 7.34. The van der Waals surface area contributed by atoms with Gasteiger partial charge in [-0.3, -0.25) is 0 Å². The highest BCUT2D eigenvalue weighted by molar-refractivity contribution is 5.74. The third-order valence-electron chi connectivity index (χ3n) is 5.65. The van der Waals surface area contributed by atoms with Crippen molar-refractivity contribution in [3.8, 4) is 0 Å². The number of hydrogen-bond acceptors (Lipinski definition) is 5. The SMILES string of the molecule is CCNc1ncnc(NC23CC4CC(CC(C4)C2)C3)c1N. The van der Waals surface area contributed by atoms with E-state index < -0.39 is 0 Å². The Balaban J connectivity index is 1.60. The van der Waals surface area contributed by atoms with Crippen molar-refractivity contribution in [3.05, 3.63) is 6.33 Å². The van der Waals surface area contributed by atoms with Gasteiger partial charge in [-0.2, -0.15) is 0 Å². The maximum atomic E-state index is 6.25. The summed E-state index contributed by atoms with van der Waals surface area (Å²) in [5, 5.41) is 6.95. The van der Waals surface area contributed by atoms with Gasteiger partial charge in [-0.15, -0.1) is 0 Å². The van der Waals surface area contributed by atoms with Crippen LogP contribution < -0.4 is 16.4 Å². The molecule has 4 aliphatic rings. The standard InChI is InChI=1S/C16H25N5/c1-2-18-14-13(17)15(20-9-19-14)21-16-6-10-3-11(7-16)5-12(4-10)8-16/h9-12H,2-8,17H2,1H3,(H2,18,19,20,21). The molecule has 4 saturated carbocycles. The Kier molecular flexibility index (Phi) is 2.98. The van der Waals surface area contributed by atoms with Gasteiger partial charge in [0.1, 0.15) is 12.0 Å². The predicted octanol–water partition coefficient (Wildman–Crippen LogP) is 2.87. The molecule has 0 amide bonds. The quantitative estimate of drug-likeness (QED) is 0.794. The second-order valence-electron chi connectivity index (χ2n) is 7.34. The van der Waals surface area contributed by atoms with Crippen molar-refractivity contribution in [1.82, 2.24) is 9.97 Å². The van der Waals surface area contributed by atoms with Gasteiger partial charge in [0.05, 0.1) is 0 Å². The Hall–Kier alpha value is -1.52. The van der Waals surface area contributed by atoms with Gasteiger partial charge in [0.25, 0.3) is 0 Å². The largest absolute Gasteiger partial charge is 0.393 e. The second kappa shape index (κ2) is 4.75. The van der Waals surface area contributed by atoms with Crippen molar-refractivity contribution in [2.24, 2.45) is 17.8 Å². The lowest BCUT2D eigenvalue weighted by molar-refractivity contribution is 0.0106. The molecule has 1 aromatic heterocycles. The van der Waals surface area contributed by atoms with E-state index in [2.05, 4.69) is 20.6 Å². The topological polar surface area (TPSA) is 75.9 Å². The first-order valence-corrected chi connectivity index (χ1v) is 8.30. The van der Waals surface area contributed by atoms with Crippen LogP contribution in [-0.4, -0.2) is 22.1 Å². The normalized spacial score (nSPS) is 36.7. The molecule has 21 heavy (non-hydrogen) atoms. The fourth-order valence-electron chi connectivity index (χ4n) is 5.32. The van der Waals surface area contributed by atoms with Crippen LogP contribution in [0.2, 0.25) is 0 Å². The van der Waals surface area contributed by atoms with Gasteiger partial charge in [-0.05, 0) is 63.2 Å². The molecule has 5 rings (SSSR count). The highest BCUT2D eigenvalue weighted by Crippen LogP contribution is 2.56. The van der Waals surface area contributed by atoms with E-state index in [-0.39, 0.29) is 5.54 Å². The van der Waals surface area contributed by atoms with Crippen molar-refractivity contribution in [2.75, 3.05) is 22.9 Å². The van der Waals surface area contributed by atoms with E-state index in [4.69, 9.17) is 5.73 Å². The number of rotatable bonds is 4. The average Bonchev–Trinajstić information content (AvgIpc) is 2.42. The zero-order chi connectivity index (χ0) is 14.4. The molecule has 1 heterocycles. The van der Waals surface area contributed by atoms with E-state index in [1.54, 1.807) is 6.33 Å². The molecule has 0 unspecified atom stereocenters. The third kappa shape index (κ3) is 2.23. The number of nitrogen functional groups attached to an aromatic ring is 1. The van der Waals surface area contributed by atoms with Crippen LogP contribution in [0.15, 0.2) is 6.33 Å². The Morgan fingerprint density at radius 1 is 1.10 bits per heavy atom. The lowest BCUT2D eigenvalue weighted by Gasteiger charge is -2.57. The molecule has 4 bridgehead atoms. The van der Waals surface area contributed by atoms with E-state index in [1.165, 1.54) is 38.5 Å². The van der Waals surface area contributed by atoms with E-state index in [9.17, 15) is 0 Å². The van der Waals surface area contributed by atoms with Gasteiger partial charge in [-0.25, -0.2) is 9.97 Å². The van der Waals surface area contributed by atoms with Gasteiger partial charge in [0.2, 0.25) is 0 Å². The van der Waals surface area contributed by atoms with Crippen LogP contribution in [0.5, 0.6) is 0 Å². The molecule has 0 spiro atoms. The summed E-state index contributed by atoms with van der Waals surface area (Å²) in [7, 11) is 0. The minimum absolute atomic E-state index is 0.237. The van der Waals surface area contributed by atoms with Gasteiger partial charge >= 0.3 is 0 Å². The Morgan fingerprint density at radius 2 is 1.67 bits per heavy atom. The van der Waals surface area contributed by atoms with Crippen molar-refractivity contribution < 1.29 is 0 Å². The van der Waals surface area contributed by atoms with Crippen molar-refractivity contribution in [1.29, 1.82) is 0 Å². The van der Waals surface area contributed by atoms with Gasteiger partial charge in [-0.1, -0.05) is 0 Å². The summed E-state index contributed by atoms with van der Waals surface area (Å²) in [4.78, 5) is 8.65. The molecule has 4 N–H and O–H groups in total. The van der Waals surface area contributed by atoms with Gasteiger partial charge < -0.3 is 16.4 Å². The smallest absolute Gasteiger partial charge is 0.155 e. The van der Waals surface area contributed by atoms with Crippen molar-refractivity contribution in [2.45, 2.75) is 51.0 Å². The molecule has 1 aromatic rings. The summed E-state index contributed by atoms with van der Waals surface area (Å²) in [5.74, 6) is 4.32. The molecule has 0 radical (unpaired) electrons. The maximum Gasteiger partial charge on any atom is 0.155 e. The molecule has 0 atom stereocenters. The van der Waals surface area contributed by atoms with Crippen LogP contribution >= 0.6 is 0 Å². The average molecular weight is 287 g/mol. The maximum absolute atomic E-state index is 6.25. The molecule has 4 fully saturated rings. The highest BCUT2D eigenvalue weighted by Gasteiger charge is 2.51. The first-order valence-electron chi connectivity index (χ1n) is 8.30. The zero-order valence-electron chi connectivity index (χ0n) is 12.7. The molecule has 0 saturated heterocycles. The van der Waals surface area contributed by atoms with Crippen molar-refractivity contribution in [3.63, 3.8) is 0 Å². The molecule has 0 aliphatic heterocycles. The van der Waals surface area contributed by atoms with Crippen LogP contribution in [0.1, 0.15) is 45.4 Å². The predicted molar refractivity (Wildman–Crippen MR) is 85.1 cm³/mol. The minimum Gasteiger partial charge on any atom is -0.393 e. The van der Waals surface area contributed by atoms with Crippen LogP contribution in [-0.2, 0) is 0 Å². The molecule has 5 heteroatoms. The Morgan fingerprint density at radius 3 is 2.24 bits per heavy atom. The van der Waals surface area contributed by atoms with Gasteiger partial charge in [0, 0.05) is 12.1 Å². The molecule has 114 valence electrons. The van der Waals surface area contributed by atoms with E-state index >= 15 is 0 Å². The fraction of sp³-hybridized carbons (Fsp3) is 0.750. The van der Waals surface area contributed by atoms with Crippen LogP contribution in [0.25, 0.3) is 0 Å². The summed E-state index contributed by atoms with van der Waals surface area (Å²) in [6, 6.07) is 0. The molecule has 4 aliphatic carbocycles. The van der Waals surface area contributed by atoms with Gasteiger partial charge in [0.15, 0.2) is 11.6 Å². The van der Waals surface area contributed by atoms with E-state index in [0.29, 0.717) is 5.69 Å². The lowest BCUT2D eigenvalue weighted by atomic mass is 9.53. The third-order valence-corrected chi connectivity index (χ3v) is 5.65. The highest BCUT2D eigenvalue weighted by atomic mass is 15.1. The number of hydrogen-bond donors (Lipinski definition) is 3. The number of anilines is 3. The Labute approximate surface area is 126 Å². The molecule has 0 aromatic carbocycles. The van der Waals surface area contributed by atoms with E-state index in [1.807, 2.05) is 6.92 Å². The fourth-order valence-corrected chi connectivity index (χ4v) is 5.32. The number of aromatic nitrogens is 2. The first-order chi connectivity index (χ1) is 10.2. The molecular weight excluding hydrogens is 262 g/mol. The lowest BCUT2D eigenvalue weighted by Crippen LogP contribution is -2.55. The monoisotopic (exact) mass is 287 g/mol. The first kappa shape index (κ1) is 13.2. The summed E-state index contributed by atoms with van der Waals surface area (Å²) in [5.41, 5.74) is 7.15. The van der Waals surface area contributed by atoms with Crippen LogP contribution in [0.3, 0.4) is 0 Å². The number of nitrogens with two attached hydrogens (primary N) is 1. The Bertz CT molecular complexity index is 506. The number of nitrogens with zero attached hydrogens (tertiary/aromatic N) is 2. The van der Waals surface area contributed by atoms with E-state index in [0.717, 1.165) is 35.9 Å². The van der Waals surface area contributed by atoms with Crippen LogP contribution in [0, 0.1) is 17.8 Å². The van der Waals surface area contributed by atoms with Crippen LogP contribution in [0.4, 0.5) is 17.3 Å². The van der Waals surface area contributed by atoms with Crippen molar-refractivity contribution >= 4 is 17.3 Å². The minimum atomic E-state index is 0.237. The summed E-state index contributed by atoms with van der Waals surface area (Å²) in [6.07, 6.45) is 9.82. The summed E-state index contributed by atoms with van der Waals surface area (Å²) in [6.45, 7) is 2.87. The number of nitrogens with one attached hydrogen (secondary N) is 2. The molecular formula is C16H25N5. The summed E-state index contributed by atoms with van der Waals surface area (Å²) < 4.78 is 0. The summed E-state index contributed by atoms with van der Waals surface area (Å²) >= 11 is 0.